The van der Waals surface area contributed by atoms with Gasteiger partial charge in [-0.05, 0) is 29.4 Å². The maximum atomic E-state index is 10.4. The van der Waals surface area contributed by atoms with Crippen LogP contribution in [0.3, 0.4) is 0 Å². The van der Waals surface area contributed by atoms with Gasteiger partial charge in [0.2, 0.25) is 0 Å². The van der Waals surface area contributed by atoms with E-state index >= 15 is 0 Å². The zero-order valence-corrected chi connectivity index (χ0v) is 16.8. The Morgan fingerprint density at radius 2 is 1.90 bits per heavy atom. The summed E-state index contributed by atoms with van der Waals surface area (Å²) >= 11 is 0. The summed E-state index contributed by atoms with van der Waals surface area (Å²) in [5.41, 5.74) is 4.39. The number of nitrogens with zero attached hydrogens (tertiary/aromatic N) is 3. The number of nitroso groups, excluding NO2 is 1. The lowest BCUT2D eigenvalue weighted by Gasteiger charge is -2.15. The summed E-state index contributed by atoms with van der Waals surface area (Å²) in [6.45, 7) is 0.777. The number of ether oxygens (including phenoxy) is 1. The number of aromatic hydroxyl groups is 1. The Balaban J connectivity index is 0.000000179. The Bertz CT molecular complexity index is 1090. The molecule has 0 bridgehead atoms. The Morgan fingerprint density at radius 3 is 2.58 bits per heavy atom. The van der Waals surface area contributed by atoms with Gasteiger partial charge in [-0.25, -0.2) is 0 Å². The number of phenolic OH excluding ortho intramolecular Hbond substituents is 1. The molecule has 1 aromatic heterocycles. The number of fused-ring (bicyclic) bond motifs is 1. The number of anilines is 1. The van der Waals surface area contributed by atoms with Gasteiger partial charge < -0.3 is 23.9 Å². The monoisotopic (exact) mass is 428 g/mol. The molecule has 0 fully saturated rings. The third kappa shape index (κ3) is 5.08. The minimum Gasteiger partial charge on any atom is -0.507 e. The van der Waals surface area contributed by atoms with Crippen molar-refractivity contribution < 1.29 is 28.8 Å². The van der Waals surface area contributed by atoms with Crippen LogP contribution in [0.15, 0.2) is 68.4 Å². The number of hydrogen-bond acceptors (Lipinski definition) is 11. The summed E-state index contributed by atoms with van der Waals surface area (Å²) in [7, 11) is 2.86. The SMILES string of the molecule is CON=C(C1=NOCCO1)c1ccccc1O.CONc1c(N=O)oc2ccccc12. The first kappa shape index (κ1) is 21.6. The molecule has 162 valence electrons. The van der Waals surface area contributed by atoms with Gasteiger partial charge in [0.25, 0.3) is 11.8 Å². The molecule has 3 aromatic rings. The molecule has 2 aromatic carbocycles. The third-order valence-electron chi connectivity index (χ3n) is 3.97. The predicted molar refractivity (Wildman–Crippen MR) is 113 cm³/mol. The van der Waals surface area contributed by atoms with Crippen molar-refractivity contribution in [1.29, 1.82) is 0 Å². The molecular weight excluding hydrogens is 408 g/mol. The van der Waals surface area contributed by atoms with Crippen LogP contribution in [0.5, 0.6) is 5.75 Å². The first-order valence-corrected chi connectivity index (χ1v) is 9.06. The lowest BCUT2D eigenvalue weighted by atomic mass is 10.1. The van der Waals surface area contributed by atoms with Crippen molar-refractivity contribution in [2.75, 3.05) is 32.9 Å². The molecular formula is C20H20N4O7. The molecule has 4 rings (SSSR count). The van der Waals surface area contributed by atoms with Gasteiger partial charge >= 0.3 is 0 Å². The van der Waals surface area contributed by atoms with Crippen molar-refractivity contribution in [1.82, 2.24) is 0 Å². The molecule has 0 amide bonds. The molecule has 0 saturated heterocycles. The van der Waals surface area contributed by atoms with E-state index in [4.69, 9.17) is 23.7 Å². The second kappa shape index (κ2) is 10.6. The smallest absolute Gasteiger partial charge is 0.287 e. The fourth-order valence-corrected chi connectivity index (χ4v) is 2.68. The summed E-state index contributed by atoms with van der Waals surface area (Å²) in [5, 5.41) is 20.8. The van der Waals surface area contributed by atoms with E-state index in [0.717, 1.165) is 5.39 Å². The molecule has 1 aliphatic heterocycles. The highest BCUT2D eigenvalue weighted by Gasteiger charge is 2.21. The van der Waals surface area contributed by atoms with Gasteiger partial charge in [0.1, 0.15) is 30.7 Å². The van der Waals surface area contributed by atoms with Crippen LogP contribution < -0.4 is 5.48 Å². The average Bonchev–Trinajstić information content (AvgIpc) is 3.17. The van der Waals surface area contributed by atoms with Crippen molar-refractivity contribution in [2.24, 2.45) is 15.5 Å². The molecule has 0 radical (unpaired) electrons. The number of para-hydroxylation sites is 2. The fourth-order valence-electron chi connectivity index (χ4n) is 2.68. The van der Waals surface area contributed by atoms with Crippen LogP contribution in [0.4, 0.5) is 11.6 Å². The number of hydrogen-bond donors (Lipinski definition) is 2. The van der Waals surface area contributed by atoms with Gasteiger partial charge in [-0.15, -0.1) is 4.91 Å². The number of phenols is 1. The van der Waals surface area contributed by atoms with E-state index in [-0.39, 0.29) is 17.5 Å². The lowest BCUT2D eigenvalue weighted by molar-refractivity contribution is 0.0672. The molecule has 2 N–H and O–H groups in total. The number of furan rings is 1. The number of rotatable bonds is 6. The zero-order chi connectivity index (χ0) is 22.1. The van der Waals surface area contributed by atoms with Crippen molar-refractivity contribution in [3.05, 3.63) is 59.0 Å². The van der Waals surface area contributed by atoms with E-state index in [1.165, 1.54) is 14.2 Å². The summed E-state index contributed by atoms with van der Waals surface area (Å²) in [5.74, 6) is 0.257. The van der Waals surface area contributed by atoms with Crippen LogP contribution in [0, 0.1) is 4.91 Å². The Morgan fingerprint density at radius 1 is 1.13 bits per heavy atom. The second-order valence-electron chi connectivity index (χ2n) is 5.89. The quantitative estimate of drug-likeness (QED) is 0.343. The van der Waals surface area contributed by atoms with Crippen LogP contribution >= 0.6 is 0 Å². The number of nitrogens with one attached hydrogen (secondary N) is 1. The molecule has 0 aliphatic carbocycles. The zero-order valence-electron chi connectivity index (χ0n) is 16.8. The van der Waals surface area contributed by atoms with Crippen molar-refractivity contribution >= 4 is 34.2 Å². The largest absolute Gasteiger partial charge is 0.507 e. The minimum atomic E-state index is -0.00644. The molecule has 31 heavy (non-hydrogen) atoms. The summed E-state index contributed by atoms with van der Waals surface area (Å²) in [6, 6.07) is 13.9. The second-order valence-corrected chi connectivity index (χ2v) is 5.89. The first-order chi connectivity index (χ1) is 15.2. The highest BCUT2D eigenvalue weighted by atomic mass is 16.7. The van der Waals surface area contributed by atoms with Gasteiger partial charge in [0, 0.05) is 10.6 Å². The van der Waals surface area contributed by atoms with Crippen LogP contribution in [0.1, 0.15) is 5.56 Å². The molecule has 0 unspecified atom stereocenters. The molecule has 2 heterocycles. The van der Waals surface area contributed by atoms with Gasteiger partial charge in [0.05, 0.1) is 12.7 Å². The molecule has 0 spiro atoms. The Hall–Kier alpha value is -4.12. The van der Waals surface area contributed by atoms with E-state index in [1.54, 1.807) is 30.3 Å². The maximum absolute atomic E-state index is 10.4. The van der Waals surface area contributed by atoms with E-state index in [0.29, 0.717) is 35.8 Å². The summed E-state index contributed by atoms with van der Waals surface area (Å²) < 4.78 is 10.5. The van der Waals surface area contributed by atoms with Crippen molar-refractivity contribution in [3.63, 3.8) is 0 Å². The lowest BCUT2D eigenvalue weighted by Crippen LogP contribution is -2.25. The third-order valence-corrected chi connectivity index (χ3v) is 3.97. The Labute approximate surface area is 176 Å². The highest BCUT2D eigenvalue weighted by molar-refractivity contribution is 6.45. The topological polar surface area (TPSA) is 136 Å². The Kier molecular flexibility index (Phi) is 7.38. The molecule has 0 atom stereocenters. The van der Waals surface area contributed by atoms with Gasteiger partial charge in [-0.2, -0.15) is 0 Å². The molecule has 1 aliphatic rings. The van der Waals surface area contributed by atoms with E-state index in [9.17, 15) is 10.0 Å². The van der Waals surface area contributed by atoms with Gasteiger partial charge in [0.15, 0.2) is 12.3 Å². The summed E-state index contributed by atoms with van der Waals surface area (Å²) in [6.07, 6.45) is 0. The van der Waals surface area contributed by atoms with E-state index < -0.39 is 0 Å². The van der Waals surface area contributed by atoms with E-state index in [1.807, 2.05) is 18.2 Å². The van der Waals surface area contributed by atoms with Crippen LogP contribution in [-0.4, -0.2) is 44.1 Å². The normalized spacial score (nSPS) is 13.2. The first-order valence-electron chi connectivity index (χ1n) is 9.06. The van der Waals surface area contributed by atoms with Gasteiger partial charge in [-0.1, -0.05) is 29.4 Å². The average molecular weight is 428 g/mol. The minimum absolute atomic E-state index is 0.00644. The highest BCUT2D eigenvalue weighted by Crippen LogP contribution is 2.36. The molecule has 11 heteroatoms. The van der Waals surface area contributed by atoms with Crippen molar-refractivity contribution in [2.45, 2.75) is 0 Å². The maximum Gasteiger partial charge on any atom is 0.287 e. The number of benzene rings is 2. The fraction of sp³-hybridized carbons (Fsp3) is 0.200. The summed E-state index contributed by atoms with van der Waals surface area (Å²) in [4.78, 5) is 24.8. The van der Waals surface area contributed by atoms with Crippen LogP contribution in [0.2, 0.25) is 0 Å². The predicted octanol–water partition coefficient (Wildman–Crippen LogP) is 3.91. The van der Waals surface area contributed by atoms with Crippen molar-refractivity contribution in [3.8, 4) is 5.75 Å². The molecule has 0 saturated carbocycles. The van der Waals surface area contributed by atoms with E-state index in [2.05, 4.69) is 21.0 Å². The van der Waals surface area contributed by atoms with Crippen LogP contribution in [0.25, 0.3) is 11.0 Å². The standard InChI is InChI=1S/C11H12N2O4.C9H8N2O3/c1-15-12-10(11-13-17-7-6-16-11)8-4-2-3-5-9(8)14;1-13-11-8-6-4-2-3-5-7(6)14-9(8)10-12/h2-5,14H,6-7H2,1H3;2-5,11H,1H3. The molecule has 11 nitrogen and oxygen atoms in total. The number of oxime groups is 2. The van der Waals surface area contributed by atoms with Gasteiger partial charge in [-0.3, -0.25) is 10.3 Å². The van der Waals surface area contributed by atoms with Crippen LogP contribution in [-0.2, 0) is 19.2 Å².